The van der Waals surface area contributed by atoms with Gasteiger partial charge in [-0.1, -0.05) is 0 Å². The zero-order valence-electron chi connectivity index (χ0n) is 6.72. The summed E-state index contributed by atoms with van der Waals surface area (Å²) in [4.78, 5) is 0. The number of hydrogen-bond donors (Lipinski definition) is 2. The average molecular weight is 161 g/mol. The van der Waals surface area contributed by atoms with Gasteiger partial charge in [0.05, 0.1) is 0 Å². The fourth-order valence-electron chi connectivity index (χ4n) is 1.62. The van der Waals surface area contributed by atoms with Gasteiger partial charge in [-0.2, -0.15) is 0 Å². The maximum absolute atomic E-state index is 12.7. The summed E-state index contributed by atoms with van der Waals surface area (Å²) >= 11 is 0. The second-order valence-electron chi connectivity index (χ2n) is 3.54. The number of alkyl halides is 1. The summed E-state index contributed by atoms with van der Waals surface area (Å²) in [6.45, 7) is 0.590. The van der Waals surface area contributed by atoms with Gasteiger partial charge in [0.1, 0.15) is 6.17 Å². The van der Waals surface area contributed by atoms with E-state index in [0.717, 1.165) is 12.8 Å². The van der Waals surface area contributed by atoms with Gasteiger partial charge in [-0.15, -0.1) is 0 Å². The average Bonchev–Trinajstić information content (AvgIpc) is 2.07. The Kier molecular flexibility index (Phi) is 2.84. The highest BCUT2D eigenvalue weighted by Crippen LogP contribution is 2.35. The van der Waals surface area contributed by atoms with Gasteiger partial charge in [-0.05, 0) is 25.7 Å². The Balaban J connectivity index is 2.45. The fraction of sp³-hybridized carbons (Fsp3) is 1.00. The number of halogens is 1. The topological polar surface area (TPSA) is 46.2 Å². The lowest BCUT2D eigenvalue weighted by molar-refractivity contribution is 0.0610. The molecule has 0 aliphatic heterocycles. The minimum atomic E-state index is -0.666. The Morgan fingerprint density at radius 1 is 1.45 bits per heavy atom. The smallest absolute Gasteiger partial charge is 0.100 e. The Labute approximate surface area is 66.6 Å². The molecule has 11 heavy (non-hydrogen) atoms. The molecule has 0 unspecified atom stereocenters. The van der Waals surface area contributed by atoms with Crippen LogP contribution in [0.4, 0.5) is 4.39 Å². The van der Waals surface area contributed by atoms with Gasteiger partial charge in [0.25, 0.3) is 0 Å². The van der Waals surface area contributed by atoms with Crippen molar-refractivity contribution in [3.63, 3.8) is 0 Å². The van der Waals surface area contributed by atoms with Gasteiger partial charge in [0.2, 0.25) is 0 Å². The quantitative estimate of drug-likeness (QED) is 0.630. The van der Waals surface area contributed by atoms with Crippen molar-refractivity contribution in [3.8, 4) is 0 Å². The molecular formula is C8H16FNO. The van der Waals surface area contributed by atoms with Crippen LogP contribution in [0, 0.1) is 5.41 Å². The molecule has 2 nitrogen and oxygen atoms in total. The molecular weight excluding hydrogens is 145 g/mol. The van der Waals surface area contributed by atoms with Gasteiger partial charge in [0, 0.05) is 18.6 Å². The molecule has 0 atom stereocenters. The molecule has 0 aromatic rings. The molecule has 1 aliphatic carbocycles. The SMILES string of the molecule is NCC1(CO)CCC(F)CC1. The molecule has 1 rings (SSSR count). The first-order chi connectivity index (χ1) is 5.22. The number of aliphatic hydroxyl groups is 1. The number of nitrogens with two attached hydrogens (primary N) is 1. The highest BCUT2D eigenvalue weighted by molar-refractivity contribution is 4.85. The van der Waals surface area contributed by atoms with Crippen LogP contribution in [0.1, 0.15) is 25.7 Å². The van der Waals surface area contributed by atoms with Crippen LogP contribution in [0.25, 0.3) is 0 Å². The van der Waals surface area contributed by atoms with E-state index in [1.807, 2.05) is 0 Å². The van der Waals surface area contributed by atoms with E-state index in [2.05, 4.69) is 0 Å². The van der Waals surface area contributed by atoms with E-state index in [1.54, 1.807) is 0 Å². The van der Waals surface area contributed by atoms with Gasteiger partial charge in [0.15, 0.2) is 0 Å². The van der Waals surface area contributed by atoms with E-state index in [-0.39, 0.29) is 12.0 Å². The van der Waals surface area contributed by atoms with Crippen molar-refractivity contribution in [1.29, 1.82) is 0 Å². The van der Waals surface area contributed by atoms with Crippen molar-refractivity contribution in [3.05, 3.63) is 0 Å². The zero-order valence-corrected chi connectivity index (χ0v) is 6.72. The van der Waals surface area contributed by atoms with E-state index < -0.39 is 6.17 Å². The summed E-state index contributed by atoms with van der Waals surface area (Å²) in [6.07, 6.45) is 1.94. The van der Waals surface area contributed by atoms with Crippen molar-refractivity contribution in [2.75, 3.05) is 13.2 Å². The Morgan fingerprint density at radius 2 is 2.00 bits per heavy atom. The third-order valence-electron chi connectivity index (χ3n) is 2.74. The van der Waals surface area contributed by atoms with Gasteiger partial charge in [-0.3, -0.25) is 0 Å². The lowest BCUT2D eigenvalue weighted by Crippen LogP contribution is -2.38. The summed E-state index contributed by atoms with van der Waals surface area (Å²) in [7, 11) is 0. The molecule has 0 aromatic carbocycles. The highest BCUT2D eigenvalue weighted by Gasteiger charge is 2.33. The number of rotatable bonds is 2. The molecule has 0 bridgehead atoms. The third kappa shape index (κ3) is 1.91. The molecule has 0 heterocycles. The van der Waals surface area contributed by atoms with Crippen LogP contribution in [-0.4, -0.2) is 24.4 Å². The molecule has 1 aliphatic rings. The van der Waals surface area contributed by atoms with E-state index >= 15 is 0 Å². The normalized spacial score (nSPS) is 39.0. The lowest BCUT2D eigenvalue weighted by atomic mass is 9.74. The summed E-state index contributed by atoms with van der Waals surface area (Å²) in [5, 5.41) is 9.03. The monoisotopic (exact) mass is 161 g/mol. The molecule has 0 spiro atoms. The number of aliphatic hydroxyl groups excluding tert-OH is 1. The van der Waals surface area contributed by atoms with Gasteiger partial charge in [-0.25, -0.2) is 4.39 Å². The summed E-state index contributed by atoms with van der Waals surface area (Å²) in [5.41, 5.74) is 5.35. The molecule has 0 radical (unpaired) electrons. The van der Waals surface area contributed by atoms with Crippen molar-refractivity contribution < 1.29 is 9.50 Å². The predicted octanol–water partition coefficient (Wildman–Crippen LogP) is 0.836. The van der Waals surface area contributed by atoms with Crippen molar-refractivity contribution >= 4 is 0 Å². The second kappa shape index (κ2) is 3.50. The maximum Gasteiger partial charge on any atom is 0.100 e. The summed E-state index contributed by atoms with van der Waals surface area (Å²) in [6, 6.07) is 0. The van der Waals surface area contributed by atoms with Crippen LogP contribution in [0.5, 0.6) is 0 Å². The van der Waals surface area contributed by atoms with Crippen molar-refractivity contribution in [2.45, 2.75) is 31.9 Å². The van der Waals surface area contributed by atoms with Crippen LogP contribution in [0.15, 0.2) is 0 Å². The van der Waals surface area contributed by atoms with Crippen LogP contribution in [0.2, 0.25) is 0 Å². The fourth-order valence-corrected chi connectivity index (χ4v) is 1.62. The maximum atomic E-state index is 12.7. The van der Waals surface area contributed by atoms with Gasteiger partial charge >= 0.3 is 0 Å². The van der Waals surface area contributed by atoms with Crippen LogP contribution in [0.3, 0.4) is 0 Å². The first-order valence-electron chi connectivity index (χ1n) is 4.17. The van der Waals surface area contributed by atoms with Crippen LogP contribution in [-0.2, 0) is 0 Å². The van der Waals surface area contributed by atoms with E-state index in [4.69, 9.17) is 10.8 Å². The minimum Gasteiger partial charge on any atom is -0.396 e. The Hall–Kier alpha value is -0.150. The summed E-state index contributed by atoms with van der Waals surface area (Å²) in [5.74, 6) is 0. The second-order valence-corrected chi connectivity index (χ2v) is 3.54. The van der Waals surface area contributed by atoms with Crippen molar-refractivity contribution in [2.24, 2.45) is 11.1 Å². The van der Waals surface area contributed by atoms with E-state index in [9.17, 15) is 4.39 Å². The molecule has 0 amide bonds. The number of hydrogen-bond acceptors (Lipinski definition) is 2. The van der Waals surface area contributed by atoms with E-state index in [1.165, 1.54) is 0 Å². The molecule has 1 saturated carbocycles. The zero-order chi connectivity index (χ0) is 8.32. The van der Waals surface area contributed by atoms with Crippen LogP contribution >= 0.6 is 0 Å². The molecule has 3 heteroatoms. The highest BCUT2D eigenvalue weighted by atomic mass is 19.1. The van der Waals surface area contributed by atoms with E-state index in [0.29, 0.717) is 19.4 Å². The Morgan fingerprint density at radius 3 is 2.36 bits per heavy atom. The minimum absolute atomic E-state index is 0.107. The lowest BCUT2D eigenvalue weighted by Gasteiger charge is -2.35. The molecule has 66 valence electrons. The first-order valence-corrected chi connectivity index (χ1v) is 4.17. The molecule has 1 fully saturated rings. The summed E-state index contributed by atoms with van der Waals surface area (Å²) < 4.78 is 12.7. The third-order valence-corrected chi connectivity index (χ3v) is 2.74. The first kappa shape index (κ1) is 8.94. The Bertz CT molecular complexity index is 115. The van der Waals surface area contributed by atoms with Crippen molar-refractivity contribution in [1.82, 2.24) is 0 Å². The standard InChI is InChI=1S/C8H16FNO/c9-7-1-3-8(5-10,6-11)4-2-7/h7,11H,1-6,10H2. The molecule has 3 N–H and O–H groups in total. The molecule has 0 aromatic heterocycles. The van der Waals surface area contributed by atoms with Crippen LogP contribution < -0.4 is 5.73 Å². The largest absolute Gasteiger partial charge is 0.396 e. The van der Waals surface area contributed by atoms with Gasteiger partial charge < -0.3 is 10.8 Å². The molecule has 0 saturated heterocycles. The predicted molar refractivity (Wildman–Crippen MR) is 41.9 cm³/mol.